The molecule has 0 unspecified atom stereocenters. The van der Waals surface area contributed by atoms with Gasteiger partial charge in [-0.3, -0.25) is 0 Å². The van der Waals surface area contributed by atoms with Crippen LogP contribution in [0.25, 0.3) is 0 Å². The van der Waals surface area contributed by atoms with Gasteiger partial charge in [0, 0.05) is 20.3 Å². The maximum absolute atomic E-state index is 9.44. The lowest BCUT2D eigenvalue weighted by Crippen LogP contribution is -2.25. The minimum absolute atomic E-state index is 0.0697. The number of aryl methyl sites for hydroxylation is 1. The third kappa shape index (κ3) is 4.68. The van der Waals surface area contributed by atoms with Crippen molar-refractivity contribution in [2.75, 3.05) is 25.6 Å². The molecule has 0 aliphatic heterocycles. The van der Waals surface area contributed by atoms with Crippen LogP contribution in [0.2, 0.25) is 0 Å². The largest absolute Gasteiger partial charge is 0.385 e. The molecule has 0 spiro atoms. The van der Waals surface area contributed by atoms with Gasteiger partial charge in [-0.2, -0.15) is 10.4 Å². The molecule has 116 valence electrons. The van der Waals surface area contributed by atoms with Gasteiger partial charge in [-0.1, -0.05) is 27.7 Å². The third-order valence-corrected chi connectivity index (χ3v) is 3.68. The van der Waals surface area contributed by atoms with Crippen molar-refractivity contribution in [1.82, 2.24) is 10.2 Å². The van der Waals surface area contributed by atoms with Crippen molar-refractivity contribution < 1.29 is 4.74 Å². The topological polar surface area (TPSA) is 70.8 Å². The Balaban J connectivity index is 2.92. The predicted molar refractivity (Wildman–Crippen MR) is 84.3 cm³/mol. The lowest BCUT2D eigenvalue weighted by Gasteiger charge is -2.25. The summed E-state index contributed by atoms with van der Waals surface area (Å²) in [5.74, 6) is 0.594. The first kappa shape index (κ1) is 17.4. The van der Waals surface area contributed by atoms with E-state index in [0.29, 0.717) is 11.4 Å². The number of nitrogens with zero attached hydrogens (tertiary/aromatic N) is 3. The number of hydrogen-bond donors (Lipinski definition) is 1. The van der Waals surface area contributed by atoms with E-state index in [1.54, 1.807) is 7.11 Å². The summed E-state index contributed by atoms with van der Waals surface area (Å²) in [5.41, 5.74) is 2.62. The fourth-order valence-electron chi connectivity index (χ4n) is 2.21. The van der Waals surface area contributed by atoms with Crippen LogP contribution >= 0.6 is 0 Å². The molecule has 21 heavy (non-hydrogen) atoms. The first-order valence-electron chi connectivity index (χ1n) is 7.50. The highest BCUT2D eigenvalue weighted by Gasteiger charge is 2.20. The average Bonchev–Trinajstić information content (AvgIpc) is 2.49. The van der Waals surface area contributed by atoms with Gasteiger partial charge >= 0.3 is 0 Å². The molecule has 0 radical (unpaired) electrons. The summed E-state index contributed by atoms with van der Waals surface area (Å²) in [6.45, 7) is 9.86. The van der Waals surface area contributed by atoms with Gasteiger partial charge in [0.1, 0.15) is 11.6 Å². The molecule has 0 amide bonds. The van der Waals surface area contributed by atoms with Crippen molar-refractivity contribution in [3.05, 3.63) is 16.8 Å². The van der Waals surface area contributed by atoms with E-state index < -0.39 is 0 Å². The maximum atomic E-state index is 9.44. The lowest BCUT2D eigenvalue weighted by atomic mass is 9.89. The molecule has 1 aromatic rings. The van der Waals surface area contributed by atoms with Crippen LogP contribution < -0.4 is 5.32 Å². The molecule has 1 N–H and O–H groups in total. The van der Waals surface area contributed by atoms with E-state index in [0.717, 1.165) is 43.7 Å². The molecule has 0 atom stereocenters. The Hall–Kier alpha value is -1.67. The van der Waals surface area contributed by atoms with Gasteiger partial charge in [-0.05, 0) is 30.2 Å². The number of nitriles is 1. The summed E-state index contributed by atoms with van der Waals surface area (Å²) in [7, 11) is 1.71. The zero-order chi connectivity index (χ0) is 15.9. The quantitative estimate of drug-likeness (QED) is 0.797. The SMILES string of the molecule is CCc1nnc(NCC(C)(C)CCOC)c(C#N)c1CC. The molecular weight excluding hydrogens is 264 g/mol. The van der Waals surface area contributed by atoms with E-state index in [-0.39, 0.29) is 5.41 Å². The molecule has 5 heteroatoms. The zero-order valence-electron chi connectivity index (χ0n) is 13.8. The number of anilines is 1. The first-order chi connectivity index (χ1) is 9.99. The number of aromatic nitrogens is 2. The lowest BCUT2D eigenvalue weighted by molar-refractivity contribution is 0.157. The van der Waals surface area contributed by atoms with Crippen molar-refractivity contribution in [3.63, 3.8) is 0 Å². The zero-order valence-corrected chi connectivity index (χ0v) is 13.8. The highest BCUT2D eigenvalue weighted by molar-refractivity contribution is 5.56. The Kier molecular flexibility index (Phi) is 6.57. The Labute approximate surface area is 127 Å². The monoisotopic (exact) mass is 290 g/mol. The van der Waals surface area contributed by atoms with Gasteiger partial charge in [0.2, 0.25) is 0 Å². The van der Waals surface area contributed by atoms with Gasteiger partial charge in [0.05, 0.1) is 5.69 Å². The van der Waals surface area contributed by atoms with Gasteiger partial charge in [-0.15, -0.1) is 5.10 Å². The van der Waals surface area contributed by atoms with Gasteiger partial charge in [-0.25, -0.2) is 0 Å². The minimum Gasteiger partial charge on any atom is -0.385 e. The second kappa shape index (κ2) is 7.94. The fraction of sp³-hybridized carbons (Fsp3) is 0.688. The molecule has 0 fully saturated rings. The average molecular weight is 290 g/mol. The Morgan fingerprint density at radius 2 is 1.95 bits per heavy atom. The number of ether oxygens (including phenoxy) is 1. The summed E-state index contributed by atoms with van der Waals surface area (Å²) >= 11 is 0. The summed E-state index contributed by atoms with van der Waals surface area (Å²) in [6, 6.07) is 2.28. The molecular formula is C16H26N4O. The van der Waals surface area contributed by atoms with Crippen LogP contribution in [0.1, 0.15) is 50.9 Å². The van der Waals surface area contributed by atoms with Crippen LogP contribution in [0, 0.1) is 16.7 Å². The molecule has 0 aromatic carbocycles. The second-order valence-electron chi connectivity index (χ2n) is 5.93. The number of rotatable bonds is 8. The summed E-state index contributed by atoms with van der Waals surface area (Å²) in [5, 5.41) is 21.2. The number of hydrogen-bond acceptors (Lipinski definition) is 5. The first-order valence-corrected chi connectivity index (χ1v) is 7.50. The Morgan fingerprint density at radius 1 is 1.24 bits per heavy atom. The van der Waals surface area contributed by atoms with Crippen LogP contribution in [0.4, 0.5) is 5.82 Å². The van der Waals surface area contributed by atoms with Crippen molar-refractivity contribution in [1.29, 1.82) is 5.26 Å². The standard InChI is InChI=1S/C16H26N4O/c1-6-12-13(10-17)15(20-19-14(12)7-2)18-11-16(3,4)8-9-21-5/h6-9,11H2,1-5H3,(H,18,20). The third-order valence-electron chi connectivity index (χ3n) is 3.68. The van der Waals surface area contributed by atoms with Crippen molar-refractivity contribution in [2.24, 2.45) is 5.41 Å². The highest BCUT2D eigenvalue weighted by Crippen LogP contribution is 2.24. The molecule has 1 heterocycles. The van der Waals surface area contributed by atoms with Crippen LogP contribution in [0.5, 0.6) is 0 Å². The van der Waals surface area contributed by atoms with Crippen molar-refractivity contribution in [3.8, 4) is 6.07 Å². The predicted octanol–water partition coefficient (Wildman–Crippen LogP) is 2.95. The van der Waals surface area contributed by atoms with Gasteiger partial charge < -0.3 is 10.1 Å². The fourth-order valence-corrected chi connectivity index (χ4v) is 2.21. The Bertz CT molecular complexity index is 506. The van der Waals surface area contributed by atoms with E-state index in [4.69, 9.17) is 4.74 Å². The summed E-state index contributed by atoms with van der Waals surface area (Å²) in [4.78, 5) is 0. The molecule has 0 saturated carbocycles. The normalized spacial score (nSPS) is 11.2. The van der Waals surface area contributed by atoms with E-state index in [1.165, 1.54) is 0 Å². The summed E-state index contributed by atoms with van der Waals surface area (Å²) < 4.78 is 5.13. The molecule has 0 saturated heterocycles. The second-order valence-corrected chi connectivity index (χ2v) is 5.93. The van der Waals surface area contributed by atoms with Crippen LogP contribution in [-0.4, -0.2) is 30.5 Å². The molecule has 0 aliphatic rings. The number of nitrogens with one attached hydrogen (secondary N) is 1. The molecule has 1 rings (SSSR count). The number of methoxy groups -OCH3 is 1. The van der Waals surface area contributed by atoms with E-state index >= 15 is 0 Å². The van der Waals surface area contributed by atoms with Gasteiger partial charge in [0.15, 0.2) is 5.82 Å². The Morgan fingerprint density at radius 3 is 2.48 bits per heavy atom. The van der Waals surface area contributed by atoms with Crippen LogP contribution in [0.15, 0.2) is 0 Å². The molecule has 1 aromatic heterocycles. The molecule has 0 bridgehead atoms. The van der Waals surface area contributed by atoms with Crippen molar-refractivity contribution in [2.45, 2.75) is 47.0 Å². The van der Waals surface area contributed by atoms with E-state index in [2.05, 4.69) is 35.4 Å². The maximum Gasteiger partial charge on any atom is 0.166 e. The van der Waals surface area contributed by atoms with Crippen molar-refractivity contribution >= 4 is 5.82 Å². The van der Waals surface area contributed by atoms with Gasteiger partial charge in [0.25, 0.3) is 0 Å². The minimum atomic E-state index is 0.0697. The summed E-state index contributed by atoms with van der Waals surface area (Å²) in [6.07, 6.45) is 2.54. The van der Waals surface area contributed by atoms with E-state index in [9.17, 15) is 5.26 Å². The van der Waals surface area contributed by atoms with E-state index in [1.807, 2.05) is 13.8 Å². The highest BCUT2D eigenvalue weighted by atomic mass is 16.5. The molecule has 5 nitrogen and oxygen atoms in total. The van der Waals surface area contributed by atoms with Crippen LogP contribution in [-0.2, 0) is 17.6 Å². The van der Waals surface area contributed by atoms with Crippen LogP contribution in [0.3, 0.4) is 0 Å². The smallest absolute Gasteiger partial charge is 0.166 e. The molecule has 0 aliphatic carbocycles.